The number of alkyl halides is 3. The van der Waals surface area contributed by atoms with Gasteiger partial charge >= 0.3 is 12.2 Å². The number of likely N-dealkylation sites (tertiary alicyclic amines) is 1. The number of hydrogen-bond acceptors (Lipinski definition) is 8. The average molecular weight is 616 g/mol. The number of piperazine rings is 2. The summed E-state index contributed by atoms with van der Waals surface area (Å²) in [6, 6.07) is 3.43. The lowest BCUT2D eigenvalue weighted by molar-refractivity contribution is -0.203. The van der Waals surface area contributed by atoms with Gasteiger partial charge < -0.3 is 29.8 Å². The van der Waals surface area contributed by atoms with Crippen LogP contribution in [0.3, 0.4) is 0 Å². The lowest BCUT2D eigenvalue weighted by Gasteiger charge is -2.53. The second-order valence-electron chi connectivity index (χ2n) is 12.3. The van der Waals surface area contributed by atoms with Crippen molar-refractivity contribution in [3.8, 4) is 0 Å². The highest BCUT2D eigenvalue weighted by Gasteiger charge is 2.51. The van der Waals surface area contributed by atoms with E-state index in [1.54, 1.807) is 21.6 Å². The minimum atomic E-state index is -4.26. The summed E-state index contributed by atoms with van der Waals surface area (Å²) >= 11 is 0. The normalized spacial score (nSPS) is 23.3. The number of halogens is 3. The Hall–Kier alpha value is -4.08. The predicted octanol–water partition coefficient (Wildman–Crippen LogP) is 2.10. The molecule has 0 radical (unpaired) electrons. The fourth-order valence-electron chi connectivity index (χ4n) is 6.75. The Kier molecular flexibility index (Phi) is 7.25. The van der Waals surface area contributed by atoms with Crippen molar-refractivity contribution < 1.29 is 22.8 Å². The van der Waals surface area contributed by atoms with Crippen LogP contribution >= 0.6 is 0 Å². The molecule has 0 aliphatic carbocycles. The Balaban J connectivity index is 1.02. The Morgan fingerprint density at radius 3 is 2.45 bits per heavy atom. The fraction of sp³-hybridized carbons (Fsp3) is 0.607. The van der Waals surface area contributed by atoms with Gasteiger partial charge in [0.05, 0.1) is 35.6 Å². The smallest absolute Gasteiger partial charge is 0.364 e. The van der Waals surface area contributed by atoms with Gasteiger partial charge in [-0.1, -0.05) is 0 Å². The zero-order chi connectivity index (χ0) is 30.6. The van der Waals surface area contributed by atoms with E-state index in [0.29, 0.717) is 43.5 Å². The first kappa shape index (κ1) is 28.7. The molecule has 4 saturated heterocycles. The van der Waals surface area contributed by atoms with Crippen molar-refractivity contribution in [2.75, 3.05) is 69.6 Å². The minimum absolute atomic E-state index is 0.0326. The molecule has 3 aromatic rings. The van der Waals surface area contributed by atoms with E-state index in [9.17, 15) is 22.8 Å². The molecule has 4 aliphatic rings. The second-order valence-corrected chi connectivity index (χ2v) is 12.3. The Morgan fingerprint density at radius 2 is 1.75 bits per heavy atom. The van der Waals surface area contributed by atoms with Gasteiger partial charge in [-0.25, -0.2) is 9.31 Å². The molecule has 2 atom stereocenters. The summed E-state index contributed by atoms with van der Waals surface area (Å²) in [4.78, 5) is 40.1. The van der Waals surface area contributed by atoms with E-state index in [2.05, 4.69) is 25.3 Å². The maximum atomic E-state index is 13.3. The molecule has 44 heavy (non-hydrogen) atoms. The van der Waals surface area contributed by atoms with E-state index in [1.165, 1.54) is 4.90 Å². The number of aromatic nitrogens is 5. The largest absolute Gasteiger partial charge is 0.395 e. The number of nitrogens with zero attached hydrogens (tertiary/aromatic N) is 10. The van der Waals surface area contributed by atoms with Gasteiger partial charge in [-0.3, -0.25) is 9.48 Å². The van der Waals surface area contributed by atoms with Gasteiger partial charge in [-0.05, 0) is 38.4 Å². The third-order valence-corrected chi connectivity index (χ3v) is 9.28. The summed E-state index contributed by atoms with van der Waals surface area (Å²) in [5, 5.41) is 12.1. The minimum Gasteiger partial charge on any atom is -0.364 e. The first-order valence-corrected chi connectivity index (χ1v) is 15.1. The van der Waals surface area contributed by atoms with Gasteiger partial charge in [-0.2, -0.15) is 23.3 Å². The van der Waals surface area contributed by atoms with Crippen LogP contribution in [0.5, 0.6) is 0 Å². The quantitative estimate of drug-likeness (QED) is 0.465. The SMILES string of the molecule is CN1CCN(C(=O)Cn2cc(Nc3nc4c(N5CC6CCCC(C5)N6C(=O)N5CC(C(F)(F)F)C5)cccn4n3)cn2)CC1. The molecule has 7 rings (SSSR count). The third-order valence-electron chi connectivity index (χ3n) is 9.28. The van der Waals surface area contributed by atoms with E-state index in [0.717, 1.165) is 38.0 Å². The van der Waals surface area contributed by atoms with Crippen LogP contribution in [-0.4, -0.2) is 134 Å². The first-order chi connectivity index (χ1) is 21.1. The van der Waals surface area contributed by atoms with Gasteiger partial charge in [0, 0.05) is 64.8 Å². The van der Waals surface area contributed by atoms with Gasteiger partial charge in [-0.15, -0.1) is 5.10 Å². The number of carbonyl (C=O) groups is 2. The number of likely N-dealkylation sites (N-methyl/N-ethyl adjacent to an activating group) is 1. The molecule has 2 bridgehead atoms. The molecule has 1 N–H and O–H groups in total. The highest BCUT2D eigenvalue weighted by molar-refractivity contribution is 5.78. The molecular weight excluding hydrogens is 579 g/mol. The van der Waals surface area contributed by atoms with E-state index in [4.69, 9.17) is 4.98 Å². The van der Waals surface area contributed by atoms with Gasteiger partial charge in [0.2, 0.25) is 11.9 Å². The van der Waals surface area contributed by atoms with Crippen molar-refractivity contribution in [3.63, 3.8) is 0 Å². The molecule has 13 nitrogen and oxygen atoms in total. The van der Waals surface area contributed by atoms with Crippen LogP contribution in [0.4, 0.5) is 35.3 Å². The summed E-state index contributed by atoms with van der Waals surface area (Å²) < 4.78 is 42.4. The number of pyridine rings is 1. The lowest BCUT2D eigenvalue weighted by atomic mass is 9.90. The van der Waals surface area contributed by atoms with Gasteiger partial charge in [0.1, 0.15) is 6.54 Å². The van der Waals surface area contributed by atoms with E-state index < -0.39 is 12.1 Å². The highest BCUT2D eigenvalue weighted by atomic mass is 19.4. The molecular formula is C28H36F3N11O2. The summed E-state index contributed by atoms with van der Waals surface area (Å²) in [5.74, 6) is -1.02. The molecule has 0 saturated carbocycles. The molecule has 3 aromatic heterocycles. The molecule has 0 spiro atoms. The van der Waals surface area contributed by atoms with E-state index >= 15 is 0 Å². The second kappa shape index (κ2) is 11.1. The summed E-state index contributed by atoms with van der Waals surface area (Å²) in [5.41, 5.74) is 2.20. The predicted molar refractivity (Wildman–Crippen MR) is 155 cm³/mol. The van der Waals surface area contributed by atoms with E-state index in [1.807, 2.05) is 35.2 Å². The van der Waals surface area contributed by atoms with Crippen molar-refractivity contribution in [2.45, 2.75) is 44.1 Å². The Morgan fingerprint density at radius 1 is 1.02 bits per heavy atom. The van der Waals surface area contributed by atoms with Crippen LogP contribution in [0.1, 0.15) is 19.3 Å². The zero-order valence-corrected chi connectivity index (χ0v) is 24.5. The molecule has 3 amide bonds. The van der Waals surface area contributed by atoms with Crippen molar-refractivity contribution in [3.05, 3.63) is 30.7 Å². The number of piperidine rings is 1. The number of anilines is 3. The van der Waals surface area contributed by atoms with Crippen LogP contribution in [-0.2, 0) is 11.3 Å². The fourth-order valence-corrected chi connectivity index (χ4v) is 6.75. The Bertz CT molecular complexity index is 1510. The maximum absolute atomic E-state index is 13.3. The van der Waals surface area contributed by atoms with Crippen molar-refractivity contribution in [1.29, 1.82) is 0 Å². The third kappa shape index (κ3) is 5.50. The summed E-state index contributed by atoms with van der Waals surface area (Å²) in [7, 11) is 2.05. The monoisotopic (exact) mass is 615 g/mol. The maximum Gasteiger partial charge on any atom is 0.395 e. The van der Waals surface area contributed by atoms with Crippen molar-refractivity contribution >= 4 is 34.9 Å². The highest BCUT2D eigenvalue weighted by Crippen LogP contribution is 2.37. The molecule has 4 aliphatic heterocycles. The zero-order valence-electron chi connectivity index (χ0n) is 24.5. The van der Waals surface area contributed by atoms with Crippen LogP contribution in [0.15, 0.2) is 30.7 Å². The number of rotatable bonds is 5. The first-order valence-electron chi connectivity index (χ1n) is 15.1. The van der Waals surface area contributed by atoms with Crippen molar-refractivity contribution in [2.24, 2.45) is 5.92 Å². The van der Waals surface area contributed by atoms with Gasteiger partial charge in [0.15, 0.2) is 5.65 Å². The molecule has 4 fully saturated rings. The number of fused-ring (bicyclic) bond motifs is 3. The number of carbonyl (C=O) groups excluding carboxylic acids is 2. The van der Waals surface area contributed by atoms with Gasteiger partial charge in [0.25, 0.3) is 0 Å². The average Bonchev–Trinajstić information content (AvgIpc) is 3.57. The number of amides is 3. The summed E-state index contributed by atoms with van der Waals surface area (Å²) in [6.45, 7) is 3.92. The number of nitrogens with one attached hydrogen (secondary N) is 1. The van der Waals surface area contributed by atoms with Crippen LogP contribution in [0.25, 0.3) is 5.65 Å². The number of hydrogen-bond donors (Lipinski definition) is 1. The summed E-state index contributed by atoms with van der Waals surface area (Å²) in [6.07, 6.45) is 3.54. The molecule has 7 heterocycles. The number of urea groups is 1. The van der Waals surface area contributed by atoms with Crippen molar-refractivity contribution in [1.82, 2.24) is 44.0 Å². The van der Waals surface area contributed by atoms with Crippen LogP contribution in [0.2, 0.25) is 0 Å². The molecule has 2 unspecified atom stereocenters. The molecule has 0 aromatic carbocycles. The molecule has 16 heteroatoms. The Labute approximate surface area is 252 Å². The van der Waals surface area contributed by atoms with Crippen LogP contribution in [0, 0.1) is 5.92 Å². The topological polar surface area (TPSA) is 110 Å². The molecule has 236 valence electrons. The standard InChI is InChI=1S/C28H36F3N11O2/c1-36-8-10-37(11-9-36)24(43)18-40-15-20(12-32-40)33-26-34-25-23(6-3-7-41(25)35-26)38-16-21-4-2-5-22(17-38)42(21)27(44)39-13-19(14-39)28(29,30)31/h3,6-7,12,15,19,21-22H,2,4-5,8-11,13-14,16-18H2,1H3,(H,33,35). The lowest BCUT2D eigenvalue weighted by Crippen LogP contribution is -2.68. The van der Waals surface area contributed by atoms with Crippen LogP contribution < -0.4 is 10.2 Å². The van der Waals surface area contributed by atoms with E-state index in [-0.39, 0.29) is 43.7 Å².